The molecule has 3 aromatic rings. The van der Waals surface area contributed by atoms with Crippen molar-refractivity contribution in [3.05, 3.63) is 72.3 Å². The van der Waals surface area contributed by atoms with Crippen LogP contribution < -0.4 is 5.73 Å². The van der Waals surface area contributed by atoms with Crippen LogP contribution in [0.15, 0.2) is 60.7 Å². The van der Waals surface area contributed by atoms with Crippen LogP contribution in [0.25, 0.3) is 21.9 Å². The molecule has 0 spiro atoms. The maximum Gasteiger partial charge on any atom is 0.0184 e. The van der Waals surface area contributed by atoms with Gasteiger partial charge in [0.1, 0.15) is 0 Å². The number of hydrogen-bond acceptors (Lipinski definition) is 1. The fourth-order valence-electron chi connectivity index (χ4n) is 2.23. The minimum atomic E-state index is 0.552. The molecule has 87 valence electrons. The van der Waals surface area contributed by atoms with Gasteiger partial charge in [-0.15, -0.1) is 0 Å². The van der Waals surface area contributed by atoms with E-state index in [1.807, 2.05) is 24.3 Å². The standard InChI is InChI=1S/C17H14N/c18-12-16-7-3-4-8-17(16)15-10-9-13-5-1-2-6-14(13)11-15/h1-10H,12,18H2. The first-order valence-electron chi connectivity index (χ1n) is 6.08. The van der Waals surface area contributed by atoms with E-state index in [1.165, 1.54) is 10.9 Å². The van der Waals surface area contributed by atoms with Crippen LogP contribution >= 0.6 is 0 Å². The van der Waals surface area contributed by atoms with E-state index in [0.29, 0.717) is 6.54 Å². The second kappa shape index (κ2) is 4.63. The second-order valence-corrected chi connectivity index (χ2v) is 4.32. The molecule has 0 atom stereocenters. The van der Waals surface area contributed by atoms with E-state index in [0.717, 1.165) is 16.5 Å². The summed E-state index contributed by atoms with van der Waals surface area (Å²) in [7, 11) is 0. The Bertz CT molecular complexity index is 686. The SMILES string of the molecule is NCc1ccccc1-c1[c]c2ccccc2cc1. The average Bonchev–Trinajstić information content (AvgIpc) is 2.46. The highest BCUT2D eigenvalue weighted by Crippen LogP contribution is 2.26. The van der Waals surface area contributed by atoms with Gasteiger partial charge in [-0.25, -0.2) is 0 Å². The van der Waals surface area contributed by atoms with Gasteiger partial charge in [0.25, 0.3) is 0 Å². The van der Waals surface area contributed by atoms with Gasteiger partial charge in [0.2, 0.25) is 0 Å². The van der Waals surface area contributed by atoms with Crippen molar-refractivity contribution in [2.75, 3.05) is 0 Å². The molecule has 2 N–H and O–H groups in total. The van der Waals surface area contributed by atoms with Gasteiger partial charge in [-0.3, -0.25) is 0 Å². The van der Waals surface area contributed by atoms with E-state index in [4.69, 9.17) is 5.73 Å². The lowest BCUT2D eigenvalue weighted by Gasteiger charge is -2.08. The first-order chi connectivity index (χ1) is 8.88. The average molecular weight is 232 g/mol. The van der Waals surface area contributed by atoms with Crippen LogP contribution in [0.3, 0.4) is 0 Å². The van der Waals surface area contributed by atoms with Gasteiger partial charge in [0.05, 0.1) is 0 Å². The molecule has 18 heavy (non-hydrogen) atoms. The zero-order valence-electron chi connectivity index (χ0n) is 10.1. The van der Waals surface area contributed by atoms with E-state index >= 15 is 0 Å². The fraction of sp³-hybridized carbons (Fsp3) is 0.0588. The highest BCUT2D eigenvalue weighted by molar-refractivity contribution is 5.86. The number of benzene rings is 3. The van der Waals surface area contributed by atoms with Crippen LogP contribution in [0, 0.1) is 6.07 Å². The van der Waals surface area contributed by atoms with Crippen molar-refractivity contribution in [1.82, 2.24) is 0 Å². The number of nitrogens with two attached hydrogens (primary N) is 1. The molecular weight excluding hydrogens is 218 g/mol. The predicted octanol–water partition coefficient (Wildman–Crippen LogP) is 3.77. The van der Waals surface area contributed by atoms with Gasteiger partial charge in [-0.2, -0.15) is 0 Å². The topological polar surface area (TPSA) is 26.0 Å². The Balaban J connectivity index is 2.19. The Labute approximate surface area is 107 Å². The van der Waals surface area contributed by atoms with Crippen molar-refractivity contribution in [3.63, 3.8) is 0 Å². The highest BCUT2D eigenvalue weighted by Gasteiger charge is 2.04. The van der Waals surface area contributed by atoms with Crippen LogP contribution in [-0.2, 0) is 6.54 Å². The summed E-state index contributed by atoms with van der Waals surface area (Å²) in [4.78, 5) is 0. The maximum absolute atomic E-state index is 5.79. The van der Waals surface area contributed by atoms with Gasteiger partial charge < -0.3 is 5.73 Å². The molecule has 0 unspecified atom stereocenters. The molecule has 3 aromatic carbocycles. The van der Waals surface area contributed by atoms with Gasteiger partial charge in [0.15, 0.2) is 0 Å². The van der Waals surface area contributed by atoms with Crippen LogP contribution in [0.1, 0.15) is 5.56 Å². The highest BCUT2D eigenvalue weighted by atomic mass is 14.5. The Hall–Kier alpha value is -2.12. The third kappa shape index (κ3) is 1.89. The molecule has 0 saturated carbocycles. The Morgan fingerprint density at radius 3 is 2.50 bits per heavy atom. The van der Waals surface area contributed by atoms with Crippen molar-refractivity contribution in [3.8, 4) is 11.1 Å². The molecule has 0 aliphatic rings. The van der Waals surface area contributed by atoms with Gasteiger partial charge >= 0.3 is 0 Å². The summed E-state index contributed by atoms with van der Waals surface area (Å²) in [5, 5.41) is 2.35. The van der Waals surface area contributed by atoms with Gasteiger partial charge in [-0.1, -0.05) is 60.7 Å². The number of rotatable bonds is 2. The van der Waals surface area contributed by atoms with Crippen molar-refractivity contribution >= 4 is 10.8 Å². The molecule has 1 radical (unpaired) electrons. The van der Waals surface area contributed by atoms with Crippen molar-refractivity contribution < 1.29 is 0 Å². The molecule has 0 aliphatic carbocycles. The van der Waals surface area contributed by atoms with Crippen LogP contribution in [0.2, 0.25) is 0 Å². The Morgan fingerprint density at radius 1 is 0.833 bits per heavy atom. The molecule has 0 fully saturated rings. The van der Waals surface area contributed by atoms with E-state index in [2.05, 4.69) is 42.5 Å². The first-order valence-corrected chi connectivity index (χ1v) is 6.08. The molecular formula is C17H14N. The quantitative estimate of drug-likeness (QED) is 0.715. The predicted molar refractivity (Wildman–Crippen MR) is 76.1 cm³/mol. The molecule has 0 heterocycles. The largest absolute Gasteiger partial charge is 0.326 e. The molecule has 3 rings (SSSR count). The summed E-state index contributed by atoms with van der Waals surface area (Å²) in [5.41, 5.74) is 9.22. The van der Waals surface area contributed by atoms with Crippen LogP contribution in [0.5, 0.6) is 0 Å². The van der Waals surface area contributed by atoms with Crippen molar-refractivity contribution in [2.24, 2.45) is 5.73 Å². The van der Waals surface area contributed by atoms with Crippen molar-refractivity contribution in [2.45, 2.75) is 6.54 Å². The first kappa shape index (κ1) is 11.0. The summed E-state index contributed by atoms with van der Waals surface area (Å²) in [6.45, 7) is 0.552. The Morgan fingerprint density at radius 2 is 1.61 bits per heavy atom. The summed E-state index contributed by atoms with van der Waals surface area (Å²) in [5.74, 6) is 0. The zero-order chi connectivity index (χ0) is 12.4. The number of hydrogen-bond donors (Lipinski definition) is 1. The lowest BCUT2D eigenvalue weighted by atomic mass is 9.97. The molecule has 0 saturated heterocycles. The monoisotopic (exact) mass is 232 g/mol. The summed E-state index contributed by atoms with van der Waals surface area (Å²) < 4.78 is 0. The summed E-state index contributed by atoms with van der Waals surface area (Å²) in [6, 6.07) is 24.2. The number of fused-ring (bicyclic) bond motifs is 1. The summed E-state index contributed by atoms with van der Waals surface area (Å²) >= 11 is 0. The molecule has 0 bridgehead atoms. The van der Waals surface area contributed by atoms with Gasteiger partial charge in [-0.05, 0) is 33.5 Å². The van der Waals surface area contributed by atoms with E-state index in [-0.39, 0.29) is 0 Å². The molecule has 0 aromatic heterocycles. The summed E-state index contributed by atoms with van der Waals surface area (Å²) in [6.07, 6.45) is 0. The third-order valence-electron chi connectivity index (χ3n) is 3.19. The minimum Gasteiger partial charge on any atom is -0.326 e. The fourth-order valence-corrected chi connectivity index (χ4v) is 2.23. The lowest BCUT2D eigenvalue weighted by molar-refractivity contribution is 1.07. The van der Waals surface area contributed by atoms with E-state index in [1.54, 1.807) is 0 Å². The maximum atomic E-state index is 5.79. The zero-order valence-corrected chi connectivity index (χ0v) is 10.1. The third-order valence-corrected chi connectivity index (χ3v) is 3.19. The van der Waals surface area contributed by atoms with E-state index in [9.17, 15) is 0 Å². The van der Waals surface area contributed by atoms with Gasteiger partial charge in [0, 0.05) is 6.54 Å². The molecule has 0 aliphatic heterocycles. The second-order valence-electron chi connectivity index (χ2n) is 4.32. The smallest absolute Gasteiger partial charge is 0.0184 e. The van der Waals surface area contributed by atoms with E-state index < -0.39 is 0 Å². The van der Waals surface area contributed by atoms with Crippen LogP contribution in [0.4, 0.5) is 0 Å². The normalized spacial score (nSPS) is 10.7. The molecule has 0 amide bonds. The molecule has 1 nitrogen and oxygen atoms in total. The van der Waals surface area contributed by atoms with Crippen molar-refractivity contribution in [1.29, 1.82) is 0 Å². The van der Waals surface area contributed by atoms with Crippen LogP contribution in [-0.4, -0.2) is 0 Å². The lowest BCUT2D eigenvalue weighted by Crippen LogP contribution is -1.98. The minimum absolute atomic E-state index is 0.552. The Kier molecular flexibility index (Phi) is 2.83. The molecule has 1 heteroatoms.